The lowest BCUT2D eigenvalue weighted by atomic mass is 10.1. The topological polar surface area (TPSA) is 67.9 Å². The lowest BCUT2D eigenvalue weighted by Crippen LogP contribution is -2.30. The molecule has 0 heterocycles. The molecule has 0 saturated heterocycles. The molecular weight excluding hydrogens is 344 g/mol. The summed E-state index contributed by atoms with van der Waals surface area (Å²) in [6.07, 6.45) is 0.490. The quantitative estimate of drug-likeness (QED) is 0.775. The van der Waals surface area contributed by atoms with Gasteiger partial charge in [0.2, 0.25) is 5.91 Å². The van der Waals surface area contributed by atoms with Crippen molar-refractivity contribution >= 4 is 17.5 Å². The Balaban J connectivity index is 1.85. The summed E-state index contributed by atoms with van der Waals surface area (Å²) in [6, 6.07) is 14.5. The second-order valence-corrected chi connectivity index (χ2v) is 6.41. The first-order valence-electron chi connectivity index (χ1n) is 8.79. The maximum Gasteiger partial charge on any atom is 0.265 e. The van der Waals surface area contributed by atoms with Gasteiger partial charge in [-0.1, -0.05) is 12.1 Å². The van der Waals surface area contributed by atoms with Crippen molar-refractivity contribution in [3.05, 3.63) is 54.1 Å². The van der Waals surface area contributed by atoms with Gasteiger partial charge < -0.3 is 19.7 Å². The lowest BCUT2D eigenvalue weighted by molar-refractivity contribution is -0.128. The van der Waals surface area contributed by atoms with E-state index >= 15 is 0 Å². The number of benzene rings is 2. The predicted octanol–water partition coefficient (Wildman–Crippen LogP) is 3.12. The molecule has 2 rings (SSSR count). The molecule has 2 aromatic carbocycles. The van der Waals surface area contributed by atoms with Crippen LogP contribution in [-0.4, -0.2) is 44.0 Å². The molecule has 6 nitrogen and oxygen atoms in total. The standard InChI is InChI=1S/C21H26N2O4/c1-15(27-19-12-10-18(26-4)11-13-19)21(25)22-17-8-5-16(6-9-17)7-14-20(24)23(2)3/h5-6,8-13,15H,7,14H2,1-4H3,(H,22,25). The molecule has 0 saturated carbocycles. The Kier molecular flexibility index (Phi) is 7.23. The molecule has 1 unspecified atom stereocenters. The normalized spacial score (nSPS) is 11.4. The van der Waals surface area contributed by atoms with Crippen LogP contribution in [0.4, 0.5) is 5.69 Å². The minimum Gasteiger partial charge on any atom is -0.497 e. The van der Waals surface area contributed by atoms with E-state index in [1.165, 1.54) is 0 Å². The van der Waals surface area contributed by atoms with Gasteiger partial charge in [-0.05, 0) is 55.3 Å². The molecule has 0 aliphatic heterocycles. The number of rotatable bonds is 8. The highest BCUT2D eigenvalue weighted by molar-refractivity contribution is 5.94. The van der Waals surface area contributed by atoms with Crippen LogP contribution in [0.2, 0.25) is 0 Å². The molecule has 0 aliphatic rings. The van der Waals surface area contributed by atoms with Gasteiger partial charge in [0, 0.05) is 26.2 Å². The second-order valence-electron chi connectivity index (χ2n) is 6.41. The molecular formula is C21H26N2O4. The zero-order valence-electron chi connectivity index (χ0n) is 16.2. The number of carbonyl (C=O) groups is 2. The Morgan fingerprint density at radius 1 is 1.00 bits per heavy atom. The number of nitrogens with one attached hydrogen (secondary N) is 1. The van der Waals surface area contributed by atoms with Crippen molar-refractivity contribution in [2.24, 2.45) is 0 Å². The second kappa shape index (κ2) is 9.62. The predicted molar refractivity (Wildman–Crippen MR) is 105 cm³/mol. The monoisotopic (exact) mass is 370 g/mol. The zero-order chi connectivity index (χ0) is 19.8. The highest BCUT2D eigenvalue weighted by Crippen LogP contribution is 2.19. The van der Waals surface area contributed by atoms with E-state index in [2.05, 4.69) is 5.32 Å². The number of anilines is 1. The van der Waals surface area contributed by atoms with E-state index in [-0.39, 0.29) is 11.8 Å². The number of ether oxygens (including phenoxy) is 2. The minimum atomic E-state index is -0.643. The van der Waals surface area contributed by atoms with Gasteiger partial charge in [-0.15, -0.1) is 0 Å². The fourth-order valence-corrected chi connectivity index (χ4v) is 2.39. The molecule has 1 atom stereocenters. The highest BCUT2D eigenvalue weighted by Gasteiger charge is 2.15. The lowest BCUT2D eigenvalue weighted by Gasteiger charge is -2.15. The Bertz CT molecular complexity index is 755. The third kappa shape index (κ3) is 6.33. The summed E-state index contributed by atoms with van der Waals surface area (Å²) in [6.45, 7) is 1.70. The van der Waals surface area contributed by atoms with Gasteiger partial charge in [-0.3, -0.25) is 9.59 Å². The summed E-state index contributed by atoms with van der Waals surface area (Å²) >= 11 is 0. The number of hydrogen-bond donors (Lipinski definition) is 1. The molecule has 2 aromatic rings. The molecule has 0 spiro atoms. The van der Waals surface area contributed by atoms with Crippen LogP contribution >= 0.6 is 0 Å². The van der Waals surface area contributed by atoms with Gasteiger partial charge in [0.1, 0.15) is 11.5 Å². The minimum absolute atomic E-state index is 0.0943. The summed E-state index contributed by atoms with van der Waals surface area (Å²) < 4.78 is 10.7. The fraction of sp³-hybridized carbons (Fsp3) is 0.333. The largest absolute Gasteiger partial charge is 0.497 e. The molecule has 0 radical (unpaired) electrons. The molecule has 144 valence electrons. The maximum atomic E-state index is 12.3. The molecule has 0 aromatic heterocycles. The fourth-order valence-electron chi connectivity index (χ4n) is 2.39. The summed E-state index contributed by atoms with van der Waals surface area (Å²) in [5, 5.41) is 2.83. The number of amides is 2. The Hall–Kier alpha value is -3.02. The summed E-state index contributed by atoms with van der Waals surface area (Å²) in [5.74, 6) is 1.18. The van der Waals surface area contributed by atoms with Crippen molar-refractivity contribution in [2.45, 2.75) is 25.9 Å². The van der Waals surface area contributed by atoms with Crippen molar-refractivity contribution in [2.75, 3.05) is 26.5 Å². The number of hydrogen-bond acceptors (Lipinski definition) is 4. The first-order valence-corrected chi connectivity index (χ1v) is 8.79. The van der Waals surface area contributed by atoms with Gasteiger partial charge in [-0.25, -0.2) is 0 Å². The smallest absolute Gasteiger partial charge is 0.265 e. The van der Waals surface area contributed by atoms with Crippen LogP contribution in [0.5, 0.6) is 11.5 Å². The molecule has 0 aliphatic carbocycles. The van der Waals surface area contributed by atoms with E-state index in [1.54, 1.807) is 57.3 Å². The first kappa shape index (κ1) is 20.3. The van der Waals surface area contributed by atoms with Crippen LogP contribution in [0, 0.1) is 0 Å². The van der Waals surface area contributed by atoms with Gasteiger partial charge in [0.05, 0.1) is 7.11 Å². The Labute approximate surface area is 160 Å². The van der Waals surface area contributed by atoms with E-state index in [1.807, 2.05) is 24.3 Å². The highest BCUT2D eigenvalue weighted by atomic mass is 16.5. The molecule has 6 heteroatoms. The van der Waals surface area contributed by atoms with Crippen molar-refractivity contribution in [3.63, 3.8) is 0 Å². The average molecular weight is 370 g/mol. The first-order chi connectivity index (χ1) is 12.9. The van der Waals surface area contributed by atoms with E-state index in [9.17, 15) is 9.59 Å². The SMILES string of the molecule is COc1ccc(OC(C)C(=O)Nc2ccc(CCC(=O)N(C)C)cc2)cc1. The summed E-state index contributed by atoms with van der Waals surface area (Å²) in [4.78, 5) is 25.5. The van der Waals surface area contributed by atoms with E-state index in [0.717, 1.165) is 11.3 Å². The van der Waals surface area contributed by atoms with Crippen LogP contribution in [-0.2, 0) is 16.0 Å². The Morgan fingerprint density at radius 2 is 1.59 bits per heavy atom. The molecule has 1 N–H and O–H groups in total. The van der Waals surface area contributed by atoms with Crippen molar-refractivity contribution < 1.29 is 19.1 Å². The number of nitrogens with zero attached hydrogens (tertiary/aromatic N) is 1. The number of methoxy groups -OCH3 is 1. The van der Waals surface area contributed by atoms with E-state index < -0.39 is 6.10 Å². The van der Waals surface area contributed by atoms with Crippen molar-refractivity contribution in [1.82, 2.24) is 4.90 Å². The van der Waals surface area contributed by atoms with Gasteiger partial charge >= 0.3 is 0 Å². The summed E-state index contributed by atoms with van der Waals surface area (Å²) in [5.41, 5.74) is 1.73. The maximum absolute atomic E-state index is 12.3. The zero-order valence-corrected chi connectivity index (χ0v) is 16.2. The van der Waals surface area contributed by atoms with Crippen LogP contribution < -0.4 is 14.8 Å². The van der Waals surface area contributed by atoms with E-state index in [0.29, 0.717) is 24.3 Å². The van der Waals surface area contributed by atoms with Crippen LogP contribution in [0.25, 0.3) is 0 Å². The molecule has 2 amide bonds. The molecule has 0 fully saturated rings. The van der Waals surface area contributed by atoms with Crippen LogP contribution in [0.15, 0.2) is 48.5 Å². The van der Waals surface area contributed by atoms with E-state index in [4.69, 9.17) is 9.47 Å². The van der Waals surface area contributed by atoms with Gasteiger partial charge in [-0.2, -0.15) is 0 Å². The molecule has 27 heavy (non-hydrogen) atoms. The third-order valence-electron chi connectivity index (χ3n) is 4.09. The molecule has 0 bridgehead atoms. The van der Waals surface area contributed by atoms with Crippen LogP contribution in [0.1, 0.15) is 18.9 Å². The third-order valence-corrected chi connectivity index (χ3v) is 4.09. The Morgan fingerprint density at radius 3 is 2.15 bits per heavy atom. The van der Waals surface area contributed by atoms with Crippen LogP contribution in [0.3, 0.4) is 0 Å². The van der Waals surface area contributed by atoms with Gasteiger partial charge in [0.15, 0.2) is 6.10 Å². The number of carbonyl (C=O) groups excluding carboxylic acids is 2. The van der Waals surface area contributed by atoms with Gasteiger partial charge in [0.25, 0.3) is 5.91 Å². The average Bonchev–Trinajstić information content (AvgIpc) is 2.67. The van der Waals surface area contributed by atoms with Crippen molar-refractivity contribution in [3.8, 4) is 11.5 Å². The van der Waals surface area contributed by atoms with Crippen molar-refractivity contribution in [1.29, 1.82) is 0 Å². The summed E-state index contributed by atoms with van der Waals surface area (Å²) in [7, 11) is 5.09. The number of aryl methyl sites for hydroxylation is 1.